The molecule has 9 heteroatoms. The van der Waals surface area contributed by atoms with Crippen LogP contribution in [0.25, 0.3) is 0 Å². The summed E-state index contributed by atoms with van der Waals surface area (Å²) in [5, 5.41) is 10.9. The number of anilines is 2. The summed E-state index contributed by atoms with van der Waals surface area (Å²) in [7, 11) is 0. The van der Waals surface area contributed by atoms with Gasteiger partial charge >= 0.3 is 0 Å². The third-order valence-electron chi connectivity index (χ3n) is 3.07. The number of nitrogens with two attached hydrogens (primary N) is 2. The van der Waals surface area contributed by atoms with Crippen LogP contribution in [0.1, 0.15) is 0 Å². The molecule has 0 bridgehead atoms. The Hall–Kier alpha value is -2.39. The van der Waals surface area contributed by atoms with Gasteiger partial charge in [0.25, 0.3) is 5.69 Å². The van der Waals surface area contributed by atoms with Gasteiger partial charge in [0, 0.05) is 24.4 Å². The third kappa shape index (κ3) is 2.78. The second kappa shape index (κ2) is 5.72. The lowest BCUT2D eigenvalue weighted by Crippen LogP contribution is -2.52. The normalized spacial score (nSPS) is 18.6. The van der Waals surface area contributed by atoms with Crippen molar-refractivity contribution in [2.45, 2.75) is 6.04 Å². The minimum absolute atomic E-state index is 0.120. The van der Waals surface area contributed by atoms with Crippen LogP contribution in [-0.4, -0.2) is 36.6 Å². The fourth-order valence-electron chi connectivity index (χ4n) is 2.10. The fraction of sp³-hybridized carbons (Fsp3) is 0.364. The molecule has 0 aliphatic carbocycles. The van der Waals surface area contributed by atoms with Crippen molar-refractivity contribution in [3.63, 3.8) is 0 Å². The van der Waals surface area contributed by atoms with E-state index in [0.717, 1.165) is 0 Å². The minimum atomic E-state index is -0.656. The number of nitro benzene ring substituents is 1. The lowest BCUT2D eigenvalue weighted by atomic mass is 10.1. The molecule has 1 saturated heterocycles. The van der Waals surface area contributed by atoms with E-state index in [1.807, 2.05) is 0 Å². The maximum Gasteiger partial charge on any atom is 0.273 e. The number of non-ortho nitro benzene ring substituents is 1. The number of primary amides is 1. The molecule has 0 aromatic heterocycles. The van der Waals surface area contributed by atoms with Crippen LogP contribution in [0.3, 0.4) is 0 Å². The Morgan fingerprint density at radius 3 is 2.85 bits per heavy atom. The van der Waals surface area contributed by atoms with Crippen LogP contribution in [0, 0.1) is 10.1 Å². The Labute approximate surface area is 114 Å². The van der Waals surface area contributed by atoms with Crippen molar-refractivity contribution in [2.75, 3.05) is 30.1 Å². The van der Waals surface area contributed by atoms with Gasteiger partial charge in [-0.2, -0.15) is 0 Å². The molecular weight excluding hydrogens is 266 g/mol. The van der Waals surface area contributed by atoms with Gasteiger partial charge in [-0.1, -0.05) is 0 Å². The summed E-state index contributed by atoms with van der Waals surface area (Å²) in [4.78, 5) is 23.5. The van der Waals surface area contributed by atoms with Crippen LogP contribution in [0.2, 0.25) is 0 Å². The van der Waals surface area contributed by atoms with Crippen molar-refractivity contribution in [1.29, 1.82) is 0 Å². The van der Waals surface area contributed by atoms with Gasteiger partial charge in [0.2, 0.25) is 5.91 Å². The quantitative estimate of drug-likeness (QED) is 0.387. The zero-order valence-electron chi connectivity index (χ0n) is 10.6. The second-order valence-corrected chi connectivity index (χ2v) is 4.33. The number of nitro groups is 1. The standard InChI is InChI=1S/C11H15N5O4/c12-11(17)10-6-20-2-1-15(10)8-3-7(14-13)4-9(5-8)16(18)19/h3-5,10,14H,1-2,6,13H2,(H2,12,17). The van der Waals surface area contributed by atoms with E-state index in [1.165, 1.54) is 12.1 Å². The van der Waals surface area contributed by atoms with Crippen molar-refractivity contribution in [3.05, 3.63) is 28.3 Å². The highest BCUT2D eigenvalue weighted by Gasteiger charge is 2.29. The number of amides is 1. The molecule has 2 rings (SSSR count). The highest BCUT2D eigenvalue weighted by atomic mass is 16.6. The third-order valence-corrected chi connectivity index (χ3v) is 3.07. The van der Waals surface area contributed by atoms with Gasteiger partial charge in [0.1, 0.15) is 6.04 Å². The summed E-state index contributed by atoms with van der Waals surface area (Å²) >= 11 is 0. The molecule has 20 heavy (non-hydrogen) atoms. The van der Waals surface area contributed by atoms with E-state index in [2.05, 4.69) is 5.43 Å². The zero-order valence-corrected chi connectivity index (χ0v) is 10.6. The van der Waals surface area contributed by atoms with Crippen molar-refractivity contribution < 1.29 is 14.5 Å². The number of rotatable bonds is 4. The van der Waals surface area contributed by atoms with Crippen LogP contribution in [0.4, 0.5) is 17.1 Å². The van der Waals surface area contributed by atoms with Gasteiger partial charge in [-0.15, -0.1) is 0 Å². The number of hydrogen-bond donors (Lipinski definition) is 3. The molecule has 1 atom stereocenters. The van der Waals surface area contributed by atoms with Crippen molar-refractivity contribution in [1.82, 2.24) is 0 Å². The highest BCUT2D eigenvalue weighted by Crippen LogP contribution is 2.28. The number of nitrogens with zero attached hydrogens (tertiary/aromatic N) is 2. The van der Waals surface area contributed by atoms with Crippen molar-refractivity contribution in [2.24, 2.45) is 11.6 Å². The molecule has 5 N–H and O–H groups in total. The van der Waals surface area contributed by atoms with Gasteiger partial charge in [0.05, 0.1) is 23.8 Å². The van der Waals surface area contributed by atoms with E-state index in [0.29, 0.717) is 24.5 Å². The van der Waals surface area contributed by atoms with Crippen LogP contribution < -0.4 is 21.9 Å². The summed E-state index contributed by atoms with van der Waals surface area (Å²) in [5.41, 5.74) is 8.45. The smallest absolute Gasteiger partial charge is 0.273 e. The van der Waals surface area contributed by atoms with Crippen LogP contribution >= 0.6 is 0 Å². The average Bonchev–Trinajstić information content (AvgIpc) is 2.46. The van der Waals surface area contributed by atoms with Crippen molar-refractivity contribution in [3.8, 4) is 0 Å². The first-order chi connectivity index (χ1) is 9.52. The summed E-state index contributed by atoms with van der Waals surface area (Å²) in [6.45, 7) is 0.986. The number of nitrogens with one attached hydrogen (secondary N) is 1. The molecule has 1 unspecified atom stereocenters. The highest BCUT2D eigenvalue weighted by molar-refractivity contribution is 5.84. The number of carbonyl (C=O) groups excluding carboxylic acids is 1. The van der Waals surface area contributed by atoms with Gasteiger partial charge in [0.15, 0.2) is 0 Å². The van der Waals surface area contributed by atoms with Gasteiger partial charge < -0.3 is 20.8 Å². The first kappa shape index (κ1) is 14.0. The Balaban J connectivity index is 2.41. The molecule has 0 saturated carbocycles. The lowest BCUT2D eigenvalue weighted by Gasteiger charge is -2.35. The molecule has 1 aliphatic heterocycles. The number of hydrogen-bond acceptors (Lipinski definition) is 7. The summed E-state index contributed by atoms with van der Waals surface area (Å²) in [5.74, 6) is 4.76. The Morgan fingerprint density at radius 1 is 1.50 bits per heavy atom. The molecule has 108 valence electrons. The molecule has 1 heterocycles. The van der Waals surface area contributed by atoms with Crippen molar-refractivity contribution >= 4 is 23.0 Å². The Morgan fingerprint density at radius 2 is 2.25 bits per heavy atom. The minimum Gasteiger partial charge on any atom is -0.377 e. The Kier molecular flexibility index (Phi) is 4.01. The number of morpholine rings is 1. The number of nitrogen functional groups attached to an aromatic ring is 1. The lowest BCUT2D eigenvalue weighted by molar-refractivity contribution is -0.384. The maximum atomic E-state index is 11.4. The second-order valence-electron chi connectivity index (χ2n) is 4.33. The monoisotopic (exact) mass is 281 g/mol. The molecule has 1 fully saturated rings. The predicted molar refractivity (Wildman–Crippen MR) is 72.1 cm³/mol. The topological polar surface area (TPSA) is 137 Å². The molecule has 1 aromatic rings. The van der Waals surface area contributed by atoms with E-state index in [9.17, 15) is 14.9 Å². The van der Waals surface area contributed by atoms with Crippen LogP contribution in [0.5, 0.6) is 0 Å². The van der Waals surface area contributed by atoms with E-state index >= 15 is 0 Å². The summed E-state index contributed by atoms with van der Waals surface area (Å²) < 4.78 is 5.21. The molecule has 9 nitrogen and oxygen atoms in total. The SMILES string of the molecule is NNc1cc(N2CCOCC2C(N)=O)cc([N+](=O)[O-])c1. The van der Waals surface area contributed by atoms with Crippen LogP contribution in [0.15, 0.2) is 18.2 Å². The zero-order chi connectivity index (χ0) is 14.7. The summed E-state index contributed by atoms with van der Waals surface area (Å²) in [6.07, 6.45) is 0. The first-order valence-corrected chi connectivity index (χ1v) is 5.92. The molecule has 0 spiro atoms. The van der Waals surface area contributed by atoms with E-state index < -0.39 is 16.9 Å². The number of hydrazine groups is 1. The number of carbonyl (C=O) groups is 1. The first-order valence-electron chi connectivity index (χ1n) is 5.92. The molecule has 0 radical (unpaired) electrons. The van der Waals surface area contributed by atoms with Gasteiger partial charge in [-0.3, -0.25) is 20.8 Å². The predicted octanol–water partition coefficient (Wildman–Crippen LogP) is -0.429. The molecule has 1 amide bonds. The number of benzene rings is 1. The average molecular weight is 281 g/mol. The summed E-state index contributed by atoms with van der Waals surface area (Å²) in [6, 6.07) is 3.65. The maximum absolute atomic E-state index is 11.4. The number of ether oxygens (including phenoxy) is 1. The molecule has 1 aromatic carbocycles. The van der Waals surface area contributed by atoms with Gasteiger partial charge in [-0.05, 0) is 6.07 Å². The van der Waals surface area contributed by atoms with E-state index in [4.69, 9.17) is 16.3 Å². The largest absolute Gasteiger partial charge is 0.377 e. The molecular formula is C11H15N5O4. The Bertz CT molecular complexity index is 536. The van der Waals surface area contributed by atoms with Gasteiger partial charge in [-0.25, -0.2) is 0 Å². The van der Waals surface area contributed by atoms with E-state index in [1.54, 1.807) is 11.0 Å². The van der Waals surface area contributed by atoms with Crippen LogP contribution in [-0.2, 0) is 9.53 Å². The van der Waals surface area contributed by atoms with E-state index in [-0.39, 0.29) is 12.3 Å². The molecule has 1 aliphatic rings. The fourth-order valence-corrected chi connectivity index (χ4v) is 2.10.